The SMILES string of the molecule is C=C(C)CNC(=NCC(=O)N(C)C)N(C)CCc1nccs1.I. The van der Waals surface area contributed by atoms with Crippen molar-refractivity contribution >= 4 is 47.2 Å². The van der Waals surface area contributed by atoms with Gasteiger partial charge in [0, 0.05) is 52.2 Å². The Kier molecular flexibility index (Phi) is 10.8. The molecule has 0 atom stereocenters. The van der Waals surface area contributed by atoms with E-state index in [1.807, 2.05) is 30.4 Å². The van der Waals surface area contributed by atoms with Gasteiger partial charge in [-0.3, -0.25) is 4.79 Å². The highest BCUT2D eigenvalue weighted by atomic mass is 127. The van der Waals surface area contributed by atoms with Crippen LogP contribution in [0.5, 0.6) is 0 Å². The molecule has 1 aromatic rings. The third kappa shape index (κ3) is 8.89. The molecule has 6 nitrogen and oxygen atoms in total. The van der Waals surface area contributed by atoms with Crippen LogP contribution in [0.25, 0.3) is 0 Å². The maximum absolute atomic E-state index is 11.7. The summed E-state index contributed by atoms with van der Waals surface area (Å²) in [6, 6.07) is 0. The van der Waals surface area contributed by atoms with Gasteiger partial charge in [0.15, 0.2) is 5.96 Å². The van der Waals surface area contributed by atoms with Crippen molar-refractivity contribution in [2.45, 2.75) is 13.3 Å². The van der Waals surface area contributed by atoms with Crippen LogP contribution in [0, 0.1) is 0 Å². The molecule has 0 bridgehead atoms. The molecule has 1 aromatic heterocycles. The van der Waals surface area contributed by atoms with Crippen LogP contribution in [-0.4, -0.2) is 67.4 Å². The molecule has 0 saturated carbocycles. The fourth-order valence-corrected chi connectivity index (χ4v) is 2.18. The Morgan fingerprint density at radius 1 is 1.43 bits per heavy atom. The first-order chi connectivity index (χ1) is 10.4. The van der Waals surface area contributed by atoms with Gasteiger partial charge in [0.05, 0.1) is 5.01 Å². The summed E-state index contributed by atoms with van der Waals surface area (Å²) in [7, 11) is 5.41. The molecule has 0 aliphatic rings. The number of guanidine groups is 1. The summed E-state index contributed by atoms with van der Waals surface area (Å²) in [5.41, 5.74) is 1.01. The van der Waals surface area contributed by atoms with Gasteiger partial charge in [0.25, 0.3) is 0 Å². The summed E-state index contributed by atoms with van der Waals surface area (Å²) >= 11 is 1.64. The summed E-state index contributed by atoms with van der Waals surface area (Å²) in [5, 5.41) is 6.30. The maximum atomic E-state index is 11.7. The second-order valence-electron chi connectivity index (χ2n) is 5.34. The number of hydrogen-bond donors (Lipinski definition) is 1. The van der Waals surface area contributed by atoms with E-state index in [1.165, 1.54) is 4.90 Å². The van der Waals surface area contributed by atoms with Gasteiger partial charge in [-0.2, -0.15) is 0 Å². The van der Waals surface area contributed by atoms with Crippen molar-refractivity contribution < 1.29 is 4.79 Å². The van der Waals surface area contributed by atoms with E-state index in [0.29, 0.717) is 12.5 Å². The van der Waals surface area contributed by atoms with E-state index >= 15 is 0 Å². The number of hydrogen-bond acceptors (Lipinski definition) is 4. The number of carbonyl (C=O) groups excluding carboxylic acids is 1. The number of nitrogens with one attached hydrogen (secondary N) is 1. The molecule has 0 spiro atoms. The highest BCUT2D eigenvalue weighted by Crippen LogP contribution is 2.05. The molecule has 8 heteroatoms. The lowest BCUT2D eigenvalue weighted by Gasteiger charge is -2.22. The summed E-state index contributed by atoms with van der Waals surface area (Å²) < 4.78 is 0. The van der Waals surface area contributed by atoms with Gasteiger partial charge in [-0.1, -0.05) is 12.2 Å². The standard InChI is InChI=1S/C15H25N5OS.HI/c1-12(2)10-17-15(18-11-14(21)19(3)4)20(5)8-6-13-16-7-9-22-13;/h7,9H,1,6,8,10-11H2,2-5H3,(H,17,18);1H. The lowest BCUT2D eigenvalue weighted by molar-refractivity contribution is -0.127. The molecular weight excluding hydrogens is 425 g/mol. The zero-order valence-corrected chi connectivity index (χ0v) is 17.4. The van der Waals surface area contributed by atoms with Crippen LogP contribution in [0.1, 0.15) is 11.9 Å². The zero-order chi connectivity index (χ0) is 16.5. The average Bonchev–Trinajstić information content (AvgIpc) is 2.97. The molecular formula is C15H26IN5OS. The van der Waals surface area contributed by atoms with Crippen LogP contribution in [-0.2, 0) is 11.2 Å². The molecule has 1 amide bonds. The molecule has 0 aliphatic carbocycles. The van der Waals surface area contributed by atoms with E-state index in [0.717, 1.165) is 23.5 Å². The first-order valence-electron chi connectivity index (χ1n) is 7.12. The van der Waals surface area contributed by atoms with Gasteiger partial charge in [-0.05, 0) is 6.92 Å². The van der Waals surface area contributed by atoms with Crippen molar-refractivity contribution in [3.05, 3.63) is 28.7 Å². The van der Waals surface area contributed by atoms with E-state index in [1.54, 1.807) is 25.4 Å². The Morgan fingerprint density at radius 3 is 2.65 bits per heavy atom. The summed E-state index contributed by atoms with van der Waals surface area (Å²) in [6.45, 7) is 7.38. The summed E-state index contributed by atoms with van der Waals surface area (Å²) in [4.78, 5) is 23.9. The molecule has 23 heavy (non-hydrogen) atoms. The number of nitrogens with zero attached hydrogens (tertiary/aromatic N) is 4. The van der Waals surface area contributed by atoms with E-state index in [2.05, 4.69) is 21.9 Å². The zero-order valence-electron chi connectivity index (χ0n) is 14.2. The molecule has 1 N–H and O–H groups in total. The second-order valence-corrected chi connectivity index (χ2v) is 6.32. The third-order valence-electron chi connectivity index (χ3n) is 2.92. The predicted molar refractivity (Wildman–Crippen MR) is 108 cm³/mol. The number of carbonyl (C=O) groups is 1. The van der Waals surface area contributed by atoms with Crippen LogP contribution in [0.2, 0.25) is 0 Å². The van der Waals surface area contributed by atoms with E-state index < -0.39 is 0 Å². The minimum Gasteiger partial charge on any atom is -0.353 e. The number of likely N-dealkylation sites (N-methyl/N-ethyl adjacent to an activating group) is 2. The van der Waals surface area contributed by atoms with Crippen molar-refractivity contribution in [2.24, 2.45) is 4.99 Å². The molecule has 0 aromatic carbocycles. The Hall–Kier alpha value is -1.16. The fourth-order valence-electron chi connectivity index (χ4n) is 1.57. The second kappa shape index (κ2) is 11.4. The number of thiazole rings is 1. The topological polar surface area (TPSA) is 60.8 Å². The summed E-state index contributed by atoms with van der Waals surface area (Å²) in [6.07, 6.45) is 2.66. The van der Waals surface area contributed by atoms with Gasteiger partial charge in [0.1, 0.15) is 6.54 Å². The normalized spacial score (nSPS) is 10.7. The van der Waals surface area contributed by atoms with Gasteiger partial charge < -0.3 is 15.1 Å². The number of halogens is 1. The first kappa shape index (κ1) is 21.8. The van der Waals surface area contributed by atoms with Crippen LogP contribution in [0.3, 0.4) is 0 Å². The quantitative estimate of drug-likeness (QED) is 0.298. The predicted octanol–water partition coefficient (Wildman–Crippen LogP) is 1.85. The van der Waals surface area contributed by atoms with Crippen LogP contribution < -0.4 is 5.32 Å². The van der Waals surface area contributed by atoms with Crippen LogP contribution in [0.4, 0.5) is 0 Å². The van der Waals surface area contributed by atoms with Crippen molar-refractivity contribution in [3.63, 3.8) is 0 Å². The van der Waals surface area contributed by atoms with Gasteiger partial charge >= 0.3 is 0 Å². The molecule has 0 saturated heterocycles. The molecule has 0 radical (unpaired) electrons. The Balaban J connectivity index is 0.00000484. The fraction of sp³-hybridized carbons (Fsp3) is 0.533. The monoisotopic (exact) mass is 451 g/mol. The summed E-state index contributed by atoms with van der Waals surface area (Å²) in [5.74, 6) is 0.678. The average molecular weight is 451 g/mol. The molecule has 0 aliphatic heterocycles. The minimum atomic E-state index is -0.0250. The Bertz CT molecular complexity index is 516. The number of aliphatic imine (C=N–C) groups is 1. The van der Waals surface area contributed by atoms with Crippen molar-refractivity contribution in [1.29, 1.82) is 0 Å². The molecule has 0 unspecified atom stereocenters. The van der Waals surface area contributed by atoms with Gasteiger partial charge in [-0.25, -0.2) is 9.98 Å². The number of aromatic nitrogens is 1. The largest absolute Gasteiger partial charge is 0.353 e. The van der Waals surface area contributed by atoms with Gasteiger partial charge in [0.2, 0.25) is 5.91 Å². The first-order valence-corrected chi connectivity index (χ1v) is 8.00. The molecule has 1 heterocycles. The van der Waals surface area contributed by atoms with Gasteiger partial charge in [-0.15, -0.1) is 35.3 Å². The van der Waals surface area contributed by atoms with Crippen molar-refractivity contribution in [1.82, 2.24) is 20.1 Å². The number of amides is 1. The van der Waals surface area contributed by atoms with Crippen LogP contribution >= 0.6 is 35.3 Å². The van der Waals surface area contributed by atoms with E-state index in [4.69, 9.17) is 0 Å². The lowest BCUT2D eigenvalue weighted by Crippen LogP contribution is -2.41. The van der Waals surface area contributed by atoms with Crippen LogP contribution in [0.15, 0.2) is 28.7 Å². The van der Waals surface area contributed by atoms with Crippen molar-refractivity contribution in [3.8, 4) is 0 Å². The third-order valence-corrected chi connectivity index (χ3v) is 3.76. The molecule has 0 fully saturated rings. The highest BCUT2D eigenvalue weighted by molar-refractivity contribution is 14.0. The minimum absolute atomic E-state index is 0. The maximum Gasteiger partial charge on any atom is 0.243 e. The smallest absolute Gasteiger partial charge is 0.243 e. The van der Waals surface area contributed by atoms with E-state index in [-0.39, 0.29) is 36.4 Å². The Labute approximate surface area is 159 Å². The molecule has 130 valence electrons. The lowest BCUT2D eigenvalue weighted by atomic mass is 10.3. The highest BCUT2D eigenvalue weighted by Gasteiger charge is 2.09. The molecule has 1 rings (SSSR count). The number of rotatable bonds is 7. The van der Waals surface area contributed by atoms with Crippen molar-refractivity contribution in [2.75, 3.05) is 40.8 Å². The van der Waals surface area contributed by atoms with E-state index in [9.17, 15) is 4.79 Å². The Morgan fingerprint density at radius 2 is 2.13 bits per heavy atom.